The molecule has 0 bridgehead atoms. The molecule has 6 heteroatoms. The van der Waals surface area contributed by atoms with Gasteiger partial charge in [0.05, 0.1) is 0 Å². The van der Waals surface area contributed by atoms with E-state index in [1.165, 1.54) is 0 Å². The Morgan fingerprint density at radius 3 is 2.57 bits per heavy atom. The average molecular weight is 399 g/mol. The molecule has 1 amide bonds. The highest BCUT2D eigenvalue weighted by Gasteiger charge is 2.17. The summed E-state index contributed by atoms with van der Waals surface area (Å²) < 4.78 is 6.54. The van der Waals surface area contributed by atoms with Crippen LogP contribution in [0.15, 0.2) is 30.3 Å². The van der Waals surface area contributed by atoms with Crippen LogP contribution in [0.1, 0.15) is 26.5 Å². The van der Waals surface area contributed by atoms with Gasteiger partial charge in [-0.3, -0.25) is 9.89 Å². The summed E-state index contributed by atoms with van der Waals surface area (Å²) >= 11 is 2.22. The van der Waals surface area contributed by atoms with Crippen molar-refractivity contribution in [2.75, 3.05) is 11.9 Å². The summed E-state index contributed by atoms with van der Waals surface area (Å²) in [7, 11) is 0. The number of aromatic amines is 1. The maximum atomic E-state index is 11.8. The number of halogens is 1. The van der Waals surface area contributed by atoms with Crippen molar-refractivity contribution in [1.29, 1.82) is 0 Å². The summed E-state index contributed by atoms with van der Waals surface area (Å²) in [6.07, 6.45) is 0. The largest absolute Gasteiger partial charge is 0.484 e. The first-order chi connectivity index (χ1) is 9.84. The van der Waals surface area contributed by atoms with Crippen LogP contribution in [0.4, 0.5) is 5.82 Å². The zero-order valence-corrected chi connectivity index (χ0v) is 14.4. The SMILES string of the molecule is CC(C)(C)c1cc(NC(=O)COc2ccc(I)cc2)n[nH]1. The first-order valence-electron chi connectivity index (χ1n) is 6.59. The molecule has 21 heavy (non-hydrogen) atoms. The second kappa shape index (κ2) is 6.46. The number of hydrogen-bond acceptors (Lipinski definition) is 3. The normalized spacial score (nSPS) is 11.2. The predicted octanol–water partition coefficient (Wildman–Crippen LogP) is 3.33. The van der Waals surface area contributed by atoms with Gasteiger partial charge in [0.15, 0.2) is 12.4 Å². The molecule has 0 spiro atoms. The van der Waals surface area contributed by atoms with Gasteiger partial charge in [-0.1, -0.05) is 20.8 Å². The molecule has 2 N–H and O–H groups in total. The van der Waals surface area contributed by atoms with Crippen LogP contribution in [0.25, 0.3) is 0 Å². The summed E-state index contributed by atoms with van der Waals surface area (Å²) in [6, 6.07) is 9.36. The standard InChI is InChI=1S/C15H18IN3O2/c1-15(2,3)12-8-13(19-18-12)17-14(20)9-21-11-6-4-10(16)5-7-11/h4-8H,9H2,1-3H3,(H2,17,18,19,20). The highest BCUT2D eigenvalue weighted by atomic mass is 127. The quantitative estimate of drug-likeness (QED) is 0.776. The monoisotopic (exact) mass is 399 g/mol. The number of aromatic nitrogens is 2. The number of H-pyrrole nitrogens is 1. The second-order valence-corrected chi connectivity index (χ2v) is 6.95. The molecule has 0 saturated heterocycles. The number of carbonyl (C=O) groups excluding carboxylic acids is 1. The molecule has 112 valence electrons. The number of benzene rings is 1. The molecule has 2 rings (SSSR count). The smallest absolute Gasteiger partial charge is 0.263 e. The molecule has 1 aromatic carbocycles. The Balaban J connectivity index is 1.87. The van der Waals surface area contributed by atoms with E-state index in [-0.39, 0.29) is 17.9 Å². The fourth-order valence-electron chi connectivity index (χ4n) is 1.63. The van der Waals surface area contributed by atoms with E-state index >= 15 is 0 Å². The van der Waals surface area contributed by atoms with Crippen LogP contribution in [0.2, 0.25) is 0 Å². The number of carbonyl (C=O) groups is 1. The van der Waals surface area contributed by atoms with Crippen LogP contribution in [0.5, 0.6) is 5.75 Å². The van der Waals surface area contributed by atoms with E-state index in [0.29, 0.717) is 11.6 Å². The molecule has 0 aliphatic heterocycles. The summed E-state index contributed by atoms with van der Waals surface area (Å²) in [4.78, 5) is 11.8. The zero-order valence-electron chi connectivity index (χ0n) is 12.2. The Kier molecular flexibility index (Phi) is 4.87. The van der Waals surface area contributed by atoms with Crippen molar-refractivity contribution in [3.8, 4) is 5.75 Å². The predicted molar refractivity (Wildman–Crippen MR) is 90.6 cm³/mol. The maximum Gasteiger partial charge on any atom is 0.263 e. The number of ether oxygens (including phenoxy) is 1. The number of hydrogen-bond donors (Lipinski definition) is 2. The molecule has 0 fully saturated rings. The molecule has 0 aliphatic rings. The summed E-state index contributed by atoms with van der Waals surface area (Å²) in [6.45, 7) is 6.18. The van der Waals surface area contributed by atoms with Crippen molar-refractivity contribution in [3.05, 3.63) is 39.6 Å². The maximum absolute atomic E-state index is 11.8. The van der Waals surface area contributed by atoms with Gasteiger partial charge in [0, 0.05) is 20.7 Å². The second-order valence-electron chi connectivity index (χ2n) is 5.71. The van der Waals surface area contributed by atoms with Crippen LogP contribution < -0.4 is 10.1 Å². The Hall–Kier alpha value is -1.57. The summed E-state index contributed by atoms with van der Waals surface area (Å²) in [5.41, 5.74) is 0.935. The molecular formula is C15H18IN3O2. The molecule has 1 aromatic heterocycles. The van der Waals surface area contributed by atoms with Crippen molar-refractivity contribution in [3.63, 3.8) is 0 Å². The summed E-state index contributed by atoms with van der Waals surface area (Å²) in [5, 5.41) is 9.71. The van der Waals surface area contributed by atoms with Gasteiger partial charge in [0.2, 0.25) is 0 Å². The lowest BCUT2D eigenvalue weighted by Gasteiger charge is -2.14. The number of anilines is 1. The average Bonchev–Trinajstić information content (AvgIpc) is 2.86. The molecule has 5 nitrogen and oxygen atoms in total. The Morgan fingerprint density at radius 1 is 1.33 bits per heavy atom. The van der Waals surface area contributed by atoms with Gasteiger partial charge in [-0.25, -0.2) is 0 Å². The summed E-state index contributed by atoms with van der Waals surface area (Å²) in [5.74, 6) is 0.944. The van der Waals surface area contributed by atoms with E-state index in [4.69, 9.17) is 4.74 Å². The van der Waals surface area contributed by atoms with Crippen molar-refractivity contribution >= 4 is 34.3 Å². The third kappa shape index (κ3) is 4.73. The fraction of sp³-hybridized carbons (Fsp3) is 0.333. The molecule has 0 atom stereocenters. The van der Waals surface area contributed by atoms with Gasteiger partial charge in [0.1, 0.15) is 5.75 Å². The van der Waals surface area contributed by atoms with E-state index in [0.717, 1.165) is 9.26 Å². The Labute approximate surface area is 137 Å². The van der Waals surface area contributed by atoms with Gasteiger partial charge in [0.25, 0.3) is 5.91 Å². The lowest BCUT2D eigenvalue weighted by Crippen LogP contribution is -2.20. The lowest BCUT2D eigenvalue weighted by molar-refractivity contribution is -0.118. The Morgan fingerprint density at radius 2 is 2.00 bits per heavy atom. The van der Waals surface area contributed by atoms with Crippen molar-refractivity contribution < 1.29 is 9.53 Å². The highest BCUT2D eigenvalue weighted by Crippen LogP contribution is 2.21. The van der Waals surface area contributed by atoms with E-state index in [2.05, 4.69) is 58.9 Å². The van der Waals surface area contributed by atoms with Crippen molar-refractivity contribution in [2.45, 2.75) is 26.2 Å². The van der Waals surface area contributed by atoms with E-state index < -0.39 is 0 Å². The van der Waals surface area contributed by atoms with Crippen LogP contribution in [-0.4, -0.2) is 22.7 Å². The molecule has 1 heterocycles. The van der Waals surface area contributed by atoms with Crippen LogP contribution >= 0.6 is 22.6 Å². The van der Waals surface area contributed by atoms with Crippen LogP contribution in [-0.2, 0) is 10.2 Å². The lowest BCUT2D eigenvalue weighted by atomic mass is 9.92. The third-order valence-electron chi connectivity index (χ3n) is 2.84. The zero-order chi connectivity index (χ0) is 15.5. The first kappa shape index (κ1) is 15.8. The molecule has 0 unspecified atom stereocenters. The third-order valence-corrected chi connectivity index (χ3v) is 3.56. The Bertz CT molecular complexity index is 615. The molecular weight excluding hydrogens is 381 g/mol. The minimum absolute atomic E-state index is 0.0341. The van der Waals surface area contributed by atoms with E-state index in [1.807, 2.05) is 30.3 Å². The number of rotatable bonds is 4. The van der Waals surface area contributed by atoms with E-state index in [1.54, 1.807) is 0 Å². The molecule has 0 radical (unpaired) electrons. The van der Waals surface area contributed by atoms with Crippen LogP contribution in [0.3, 0.4) is 0 Å². The molecule has 2 aromatic rings. The van der Waals surface area contributed by atoms with Gasteiger partial charge in [-0.2, -0.15) is 5.10 Å². The molecule has 0 saturated carbocycles. The fourth-order valence-corrected chi connectivity index (χ4v) is 1.99. The number of amides is 1. The number of nitrogens with one attached hydrogen (secondary N) is 2. The number of nitrogens with zero attached hydrogens (tertiary/aromatic N) is 1. The first-order valence-corrected chi connectivity index (χ1v) is 7.66. The van der Waals surface area contributed by atoms with Gasteiger partial charge in [-0.15, -0.1) is 0 Å². The van der Waals surface area contributed by atoms with Crippen LogP contribution in [0, 0.1) is 3.57 Å². The minimum Gasteiger partial charge on any atom is -0.484 e. The van der Waals surface area contributed by atoms with E-state index in [9.17, 15) is 4.79 Å². The van der Waals surface area contributed by atoms with Gasteiger partial charge < -0.3 is 10.1 Å². The van der Waals surface area contributed by atoms with Gasteiger partial charge >= 0.3 is 0 Å². The minimum atomic E-state index is -0.236. The van der Waals surface area contributed by atoms with Gasteiger partial charge in [-0.05, 0) is 46.9 Å². The molecule has 0 aliphatic carbocycles. The van der Waals surface area contributed by atoms with Crippen molar-refractivity contribution in [1.82, 2.24) is 10.2 Å². The topological polar surface area (TPSA) is 67.0 Å². The van der Waals surface area contributed by atoms with Crippen molar-refractivity contribution in [2.24, 2.45) is 0 Å². The highest BCUT2D eigenvalue weighted by molar-refractivity contribution is 14.1.